The maximum atomic E-state index is 12.5. The Balaban J connectivity index is 1.74. The predicted molar refractivity (Wildman–Crippen MR) is 95.0 cm³/mol. The number of rotatable bonds is 5. The number of amides is 1. The van der Waals surface area contributed by atoms with Crippen LogP contribution in [0, 0.1) is 0 Å². The van der Waals surface area contributed by atoms with Gasteiger partial charge in [0.1, 0.15) is 5.82 Å². The molecule has 1 fully saturated rings. The van der Waals surface area contributed by atoms with E-state index in [1.165, 1.54) is 50.6 Å². The van der Waals surface area contributed by atoms with Crippen molar-refractivity contribution in [2.45, 2.75) is 43.0 Å². The van der Waals surface area contributed by atoms with Gasteiger partial charge < -0.3 is 5.32 Å². The van der Waals surface area contributed by atoms with Crippen molar-refractivity contribution in [3.63, 3.8) is 0 Å². The van der Waals surface area contributed by atoms with Crippen LogP contribution in [0.25, 0.3) is 0 Å². The van der Waals surface area contributed by atoms with Crippen LogP contribution in [0.15, 0.2) is 41.4 Å². The first-order valence-corrected chi connectivity index (χ1v) is 9.88. The Morgan fingerprint density at radius 2 is 1.80 bits per heavy atom. The number of aromatic nitrogens is 2. The molecule has 2 aromatic rings. The lowest BCUT2D eigenvalue weighted by atomic mass is 9.96. The number of hydrogen-bond donors (Lipinski definition) is 2. The summed E-state index contributed by atoms with van der Waals surface area (Å²) in [7, 11) is -2.16. The second kappa shape index (κ2) is 7.37. The normalized spacial score (nSPS) is 15.9. The van der Waals surface area contributed by atoms with Crippen molar-refractivity contribution >= 4 is 21.7 Å². The van der Waals surface area contributed by atoms with Gasteiger partial charge in [0.25, 0.3) is 5.91 Å². The molecule has 25 heavy (non-hydrogen) atoms. The van der Waals surface area contributed by atoms with E-state index in [1.807, 2.05) is 4.68 Å². The van der Waals surface area contributed by atoms with Gasteiger partial charge >= 0.3 is 0 Å². The molecule has 0 saturated heterocycles. The van der Waals surface area contributed by atoms with Crippen LogP contribution >= 0.6 is 0 Å². The van der Waals surface area contributed by atoms with Crippen LogP contribution in [0.3, 0.4) is 0 Å². The third kappa shape index (κ3) is 3.91. The molecule has 0 radical (unpaired) electrons. The zero-order valence-electron chi connectivity index (χ0n) is 14.1. The number of carbonyl (C=O) groups is 1. The minimum Gasteiger partial charge on any atom is -0.307 e. The third-order valence-electron chi connectivity index (χ3n) is 4.53. The quantitative estimate of drug-likeness (QED) is 0.855. The van der Waals surface area contributed by atoms with Gasteiger partial charge in [0.2, 0.25) is 10.0 Å². The monoisotopic (exact) mass is 362 g/mol. The first kappa shape index (κ1) is 17.6. The molecule has 7 nitrogen and oxygen atoms in total. The van der Waals surface area contributed by atoms with Gasteiger partial charge in [-0.05, 0) is 44.2 Å². The van der Waals surface area contributed by atoms with Gasteiger partial charge in [-0.15, -0.1) is 0 Å². The number of benzene rings is 1. The average molecular weight is 362 g/mol. The summed E-state index contributed by atoms with van der Waals surface area (Å²) in [6, 6.07) is 7.94. The fourth-order valence-corrected chi connectivity index (χ4v) is 3.85. The van der Waals surface area contributed by atoms with Crippen molar-refractivity contribution in [3.05, 3.63) is 42.1 Å². The summed E-state index contributed by atoms with van der Waals surface area (Å²) in [5, 5.41) is 7.23. The Labute approximate surface area is 147 Å². The molecule has 3 rings (SSSR count). The Bertz CT molecular complexity index is 837. The van der Waals surface area contributed by atoms with E-state index in [-0.39, 0.29) is 10.8 Å². The summed E-state index contributed by atoms with van der Waals surface area (Å²) in [5.41, 5.74) is 0.395. The molecule has 0 spiro atoms. The van der Waals surface area contributed by atoms with E-state index in [2.05, 4.69) is 15.1 Å². The van der Waals surface area contributed by atoms with Crippen LogP contribution in [0.5, 0.6) is 0 Å². The highest BCUT2D eigenvalue weighted by atomic mass is 32.2. The van der Waals surface area contributed by atoms with Crippen LogP contribution < -0.4 is 10.0 Å². The zero-order valence-corrected chi connectivity index (χ0v) is 14.9. The maximum Gasteiger partial charge on any atom is 0.256 e. The summed E-state index contributed by atoms with van der Waals surface area (Å²) >= 11 is 0. The van der Waals surface area contributed by atoms with E-state index in [1.54, 1.807) is 12.3 Å². The number of hydrogen-bond acceptors (Lipinski definition) is 4. The van der Waals surface area contributed by atoms with E-state index < -0.39 is 10.0 Å². The van der Waals surface area contributed by atoms with Gasteiger partial charge in [-0.2, -0.15) is 5.10 Å². The number of sulfonamides is 1. The molecule has 0 unspecified atom stereocenters. The highest BCUT2D eigenvalue weighted by Gasteiger charge is 2.20. The standard InChI is InChI=1S/C17H22N4O3S/c1-18-25(23,24)15-9-7-13(8-10-15)17(22)20-16-11-12-19-21(16)14-5-3-2-4-6-14/h7-12,14,18H,2-6H2,1H3,(H,20,22). The average Bonchev–Trinajstić information content (AvgIpc) is 3.10. The maximum absolute atomic E-state index is 12.5. The molecule has 0 aliphatic heterocycles. The van der Waals surface area contributed by atoms with Crippen molar-refractivity contribution in [2.24, 2.45) is 0 Å². The lowest BCUT2D eigenvalue weighted by molar-refractivity contribution is 0.102. The summed E-state index contributed by atoms with van der Waals surface area (Å²) in [4.78, 5) is 12.6. The molecule has 1 aromatic carbocycles. The summed E-state index contributed by atoms with van der Waals surface area (Å²) < 4.78 is 27.6. The topological polar surface area (TPSA) is 93.1 Å². The van der Waals surface area contributed by atoms with Crippen LogP contribution in [0.1, 0.15) is 48.5 Å². The molecule has 1 heterocycles. The number of carbonyl (C=O) groups excluding carboxylic acids is 1. The highest BCUT2D eigenvalue weighted by Crippen LogP contribution is 2.30. The van der Waals surface area contributed by atoms with Crippen molar-refractivity contribution in [1.29, 1.82) is 0 Å². The lowest BCUT2D eigenvalue weighted by Crippen LogP contribution is -2.21. The van der Waals surface area contributed by atoms with Gasteiger partial charge in [-0.3, -0.25) is 4.79 Å². The summed E-state index contributed by atoms with van der Waals surface area (Å²) in [6.45, 7) is 0. The molecule has 0 atom stereocenters. The van der Waals surface area contributed by atoms with Gasteiger partial charge in [-0.1, -0.05) is 19.3 Å². The molecule has 1 amide bonds. The predicted octanol–water partition coefficient (Wildman–Crippen LogP) is 2.55. The Morgan fingerprint density at radius 1 is 1.12 bits per heavy atom. The van der Waals surface area contributed by atoms with Crippen LogP contribution in [0.2, 0.25) is 0 Å². The van der Waals surface area contributed by atoms with Crippen LogP contribution in [-0.4, -0.2) is 31.2 Å². The molecule has 134 valence electrons. The Kier molecular flexibility index (Phi) is 5.19. The van der Waals surface area contributed by atoms with Gasteiger partial charge in [0, 0.05) is 11.6 Å². The van der Waals surface area contributed by atoms with Crippen molar-refractivity contribution in [3.8, 4) is 0 Å². The molecular formula is C17H22N4O3S. The summed E-state index contributed by atoms with van der Waals surface area (Å²) in [5.74, 6) is 0.384. The largest absolute Gasteiger partial charge is 0.307 e. The first-order valence-electron chi connectivity index (χ1n) is 8.40. The molecule has 1 aliphatic rings. The first-order chi connectivity index (χ1) is 12.0. The molecule has 0 bridgehead atoms. The molecule has 1 aromatic heterocycles. The van der Waals surface area contributed by atoms with Gasteiger partial charge in [0.15, 0.2) is 0 Å². The number of nitrogens with zero attached hydrogens (tertiary/aromatic N) is 2. The minimum absolute atomic E-state index is 0.124. The smallest absolute Gasteiger partial charge is 0.256 e. The van der Waals surface area contributed by atoms with E-state index in [4.69, 9.17) is 0 Å². The fourth-order valence-electron chi connectivity index (χ4n) is 3.12. The molecule has 1 aliphatic carbocycles. The highest BCUT2D eigenvalue weighted by molar-refractivity contribution is 7.89. The lowest BCUT2D eigenvalue weighted by Gasteiger charge is -2.23. The molecular weight excluding hydrogens is 340 g/mol. The third-order valence-corrected chi connectivity index (χ3v) is 5.96. The fraction of sp³-hybridized carbons (Fsp3) is 0.412. The second-order valence-corrected chi connectivity index (χ2v) is 8.03. The van der Waals surface area contributed by atoms with E-state index >= 15 is 0 Å². The van der Waals surface area contributed by atoms with Crippen molar-refractivity contribution < 1.29 is 13.2 Å². The van der Waals surface area contributed by atoms with Gasteiger partial charge in [0.05, 0.1) is 17.1 Å². The molecule has 8 heteroatoms. The zero-order chi connectivity index (χ0) is 17.9. The van der Waals surface area contributed by atoms with Crippen molar-refractivity contribution in [2.75, 3.05) is 12.4 Å². The minimum atomic E-state index is -3.51. The van der Waals surface area contributed by atoms with E-state index in [0.29, 0.717) is 17.4 Å². The van der Waals surface area contributed by atoms with E-state index in [0.717, 1.165) is 12.8 Å². The van der Waals surface area contributed by atoms with Crippen molar-refractivity contribution in [1.82, 2.24) is 14.5 Å². The number of anilines is 1. The molecule has 1 saturated carbocycles. The second-order valence-electron chi connectivity index (χ2n) is 6.14. The Hall–Kier alpha value is -2.19. The summed E-state index contributed by atoms with van der Waals surface area (Å²) in [6.07, 6.45) is 7.44. The van der Waals surface area contributed by atoms with E-state index in [9.17, 15) is 13.2 Å². The number of nitrogens with one attached hydrogen (secondary N) is 2. The SMILES string of the molecule is CNS(=O)(=O)c1ccc(C(=O)Nc2ccnn2C2CCCCC2)cc1. The van der Waals surface area contributed by atoms with Gasteiger partial charge in [-0.25, -0.2) is 17.8 Å². The molecule has 2 N–H and O–H groups in total. The van der Waals surface area contributed by atoms with Crippen LogP contribution in [-0.2, 0) is 10.0 Å². The Morgan fingerprint density at radius 3 is 2.44 bits per heavy atom. The van der Waals surface area contributed by atoms with Crippen LogP contribution in [0.4, 0.5) is 5.82 Å².